The average molecular weight is 756 g/mol. The molecule has 0 aliphatic heterocycles. The number of para-hydroxylation sites is 4. The molecular weight excluding hydrogens is 719 g/mol. The summed E-state index contributed by atoms with van der Waals surface area (Å²) in [5, 5.41) is 4.90. The standard InChI is InChI=1S/C54H37N5/c1-54(2)44-26-8-3-24-42(44)50-43(25-15-27-45(50)54)53-56-51(34-16-13-18-36(32-34)58-46-28-9-4-20-38(46)39-21-5-10-29-47(39)58)55-52(57-53)35-17-14-19-37(33-35)59-48-30-11-6-22-40(48)41-23-7-12-31-49(41)59/h3-33H,1-2H3. The Bertz CT molecular complexity index is 3210. The predicted octanol–water partition coefficient (Wildman–Crippen LogP) is 13.4. The maximum Gasteiger partial charge on any atom is 0.164 e. The van der Waals surface area contributed by atoms with Crippen LogP contribution < -0.4 is 0 Å². The van der Waals surface area contributed by atoms with E-state index >= 15 is 0 Å². The van der Waals surface area contributed by atoms with Crippen molar-refractivity contribution >= 4 is 43.6 Å². The van der Waals surface area contributed by atoms with Crippen molar-refractivity contribution in [3.05, 3.63) is 199 Å². The molecule has 0 bridgehead atoms. The molecule has 8 aromatic carbocycles. The van der Waals surface area contributed by atoms with E-state index in [1.54, 1.807) is 0 Å². The van der Waals surface area contributed by atoms with Gasteiger partial charge in [-0.25, -0.2) is 15.0 Å². The maximum atomic E-state index is 5.36. The van der Waals surface area contributed by atoms with Gasteiger partial charge in [-0.3, -0.25) is 0 Å². The Morgan fingerprint density at radius 2 is 0.746 bits per heavy atom. The fraction of sp³-hybridized carbons (Fsp3) is 0.0556. The smallest absolute Gasteiger partial charge is 0.164 e. The molecule has 0 N–H and O–H groups in total. The lowest BCUT2D eigenvalue weighted by atomic mass is 9.82. The van der Waals surface area contributed by atoms with Crippen LogP contribution >= 0.6 is 0 Å². The molecular formula is C54H37N5. The monoisotopic (exact) mass is 755 g/mol. The van der Waals surface area contributed by atoms with Crippen molar-refractivity contribution in [1.82, 2.24) is 24.1 Å². The first-order valence-electron chi connectivity index (χ1n) is 20.2. The molecule has 0 atom stereocenters. The summed E-state index contributed by atoms with van der Waals surface area (Å²) in [6.45, 7) is 4.62. The third-order valence-corrected chi connectivity index (χ3v) is 12.4. The van der Waals surface area contributed by atoms with Gasteiger partial charge in [0, 0.05) is 55.0 Å². The Morgan fingerprint density at radius 3 is 1.25 bits per heavy atom. The van der Waals surface area contributed by atoms with E-state index in [0.29, 0.717) is 17.5 Å². The summed E-state index contributed by atoms with van der Waals surface area (Å²) in [5.41, 5.74) is 14.4. The minimum absolute atomic E-state index is 0.159. The highest BCUT2D eigenvalue weighted by molar-refractivity contribution is 6.10. The van der Waals surface area contributed by atoms with Crippen LogP contribution in [0.4, 0.5) is 0 Å². The zero-order valence-corrected chi connectivity index (χ0v) is 32.6. The summed E-state index contributed by atoms with van der Waals surface area (Å²) in [7, 11) is 0. The first-order valence-corrected chi connectivity index (χ1v) is 20.2. The number of hydrogen-bond donors (Lipinski definition) is 0. The fourth-order valence-corrected chi connectivity index (χ4v) is 9.67. The van der Waals surface area contributed by atoms with Crippen molar-refractivity contribution in [2.45, 2.75) is 19.3 Å². The molecule has 3 aromatic heterocycles. The highest BCUT2D eigenvalue weighted by Crippen LogP contribution is 2.51. The summed E-state index contributed by atoms with van der Waals surface area (Å²) in [6.07, 6.45) is 0. The van der Waals surface area contributed by atoms with Gasteiger partial charge in [0.2, 0.25) is 0 Å². The second-order valence-corrected chi connectivity index (χ2v) is 16.0. The Morgan fingerprint density at radius 1 is 0.356 bits per heavy atom. The third-order valence-electron chi connectivity index (χ3n) is 12.4. The van der Waals surface area contributed by atoms with Gasteiger partial charge in [0.25, 0.3) is 0 Å². The van der Waals surface area contributed by atoms with Gasteiger partial charge in [-0.15, -0.1) is 0 Å². The molecule has 0 fully saturated rings. The Labute approximate surface area is 341 Å². The number of nitrogens with zero attached hydrogens (tertiary/aromatic N) is 5. The van der Waals surface area contributed by atoms with Gasteiger partial charge in [0.05, 0.1) is 22.1 Å². The first-order chi connectivity index (χ1) is 29.0. The van der Waals surface area contributed by atoms with Gasteiger partial charge < -0.3 is 9.13 Å². The van der Waals surface area contributed by atoms with E-state index in [-0.39, 0.29) is 5.41 Å². The molecule has 12 rings (SSSR count). The molecule has 1 aliphatic rings. The van der Waals surface area contributed by atoms with Gasteiger partial charge in [-0.2, -0.15) is 0 Å². The molecule has 1 aliphatic carbocycles. The van der Waals surface area contributed by atoms with Crippen molar-refractivity contribution in [2.24, 2.45) is 0 Å². The van der Waals surface area contributed by atoms with E-state index in [1.807, 2.05) is 0 Å². The molecule has 0 radical (unpaired) electrons. The summed E-state index contributed by atoms with van der Waals surface area (Å²) in [6, 6.07) is 67.0. The lowest BCUT2D eigenvalue weighted by molar-refractivity contribution is 0.660. The number of rotatable bonds is 5. The summed E-state index contributed by atoms with van der Waals surface area (Å²) >= 11 is 0. The van der Waals surface area contributed by atoms with Gasteiger partial charge in [-0.1, -0.05) is 153 Å². The number of benzene rings is 8. The lowest BCUT2D eigenvalue weighted by Crippen LogP contribution is -2.14. The van der Waals surface area contributed by atoms with Crippen LogP contribution in [0.25, 0.3) is 100 Å². The zero-order chi connectivity index (χ0) is 39.2. The second kappa shape index (κ2) is 12.7. The van der Waals surface area contributed by atoms with Crippen molar-refractivity contribution in [3.63, 3.8) is 0 Å². The van der Waals surface area contributed by atoms with E-state index in [4.69, 9.17) is 15.0 Å². The van der Waals surface area contributed by atoms with E-state index in [2.05, 4.69) is 211 Å². The minimum Gasteiger partial charge on any atom is -0.309 e. The molecule has 0 saturated heterocycles. The second-order valence-electron chi connectivity index (χ2n) is 16.0. The molecule has 0 unspecified atom stereocenters. The average Bonchev–Trinajstić information content (AvgIpc) is 3.90. The molecule has 0 spiro atoms. The minimum atomic E-state index is -0.159. The molecule has 278 valence electrons. The van der Waals surface area contributed by atoms with Crippen LogP contribution in [0.15, 0.2) is 188 Å². The van der Waals surface area contributed by atoms with Crippen LogP contribution in [0, 0.1) is 0 Å². The van der Waals surface area contributed by atoms with Crippen LogP contribution in [0.3, 0.4) is 0 Å². The van der Waals surface area contributed by atoms with E-state index in [1.165, 1.54) is 43.8 Å². The number of hydrogen-bond acceptors (Lipinski definition) is 3. The van der Waals surface area contributed by atoms with E-state index in [0.717, 1.165) is 50.1 Å². The topological polar surface area (TPSA) is 48.5 Å². The van der Waals surface area contributed by atoms with Crippen LogP contribution in [-0.4, -0.2) is 24.1 Å². The van der Waals surface area contributed by atoms with Gasteiger partial charge >= 0.3 is 0 Å². The van der Waals surface area contributed by atoms with E-state index in [9.17, 15) is 0 Å². The largest absolute Gasteiger partial charge is 0.309 e. The molecule has 5 nitrogen and oxygen atoms in total. The summed E-state index contributed by atoms with van der Waals surface area (Å²) < 4.78 is 4.69. The number of fused-ring (bicyclic) bond motifs is 9. The molecule has 3 heterocycles. The van der Waals surface area contributed by atoms with Crippen LogP contribution in [0.5, 0.6) is 0 Å². The van der Waals surface area contributed by atoms with Gasteiger partial charge in [-0.05, 0) is 70.8 Å². The summed E-state index contributed by atoms with van der Waals surface area (Å²) in [4.78, 5) is 16.0. The highest BCUT2D eigenvalue weighted by Gasteiger charge is 2.37. The van der Waals surface area contributed by atoms with Crippen LogP contribution in [-0.2, 0) is 5.41 Å². The van der Waals surface area contributed by atoms with Crippen LogP contribution in [0.2, 0.25) is 0 Å². The SMILES string of the molecule is CC1(C)c2ccccc2-c2c(-c3nc(-c4cccc(-n5c6ccccc6c6ccccc65)c4)nc(-c4cccc(-n5c6ccccc6c6ccccc65)c4)n3)cccc21. The number of aromatic nitrogens is 5. The third kappa shape index (κ3) is 5.01. The summed E-state index contributed by atoms with van der Waals surface area (Å²) in [5.74, 6) is 1.90. The van der Waals surface area contributed by atoms with Crippen LogP contribution in [0.1, 0.15) is 25.0 Å². The maximum absolute atomic E-state index is 5.36. The first kappa shape index (κ1) is 33.5. The predicted molar refractivity (Wildman–Crippen MR) is 242 cm³/mol. The molecule has 0 amide bonds. The Kier molecular flexibility index (Phi) is 7.20. The van der Waals surface area contributed by atoms with E-state index < -0.39 is 0 Å². The molecule has 59 heavy (non-hydrogen) atoms. The zero-order valence-electron chi connectivity index (χ0n) is 32.6. The quantitative estimate of drug-likeness (QED) is 0.176. The Balaban J connectivity index is 1.09. The van der Waals surface area contributed by atoms with Crippen molar-refractivity contribution in [2.75, 3.05) is 0 Å². The fourth-order valence-electron chi connectivity index (χ4n) is 9.67. The highest BCUT2D eigenvalue weighted by atomic mass is 15.0. The van der Waals surface area contributed by atoms with Crippen molar-refractivity contribution in [3.8, 4) is 56.7 Å². The molecule has 5 heteroatoms. The molecule has 0 saturated carbocycles. The normalized spacial score (nSPS) is 13.1. The van der Waals surface area contributed by atoms with Gasteiger partial charge in [0.1, 0.15) is 0 Å². The lowest BCUT2D eigenvalue weighted by Gasteiger charge is -2.21. The van der Waals surface area contributed by atoms with Crippen molar-refractivity contribution in [1.29, 1.82) is 0 Å². The molecule has 11 aromatic rings. The van der Waals surface area contributed by atoms with Gasteiger partial charge in [0.15, 0.2) is 17.5 Å². The Hall–Kier alpha value is -7.63. The van der Waals surface area contributed by atoms with Crippen molar-refractivity contribution < 1.29 is 0 Å².